The zero-order chi connectivity index (χ0) is 44.9. The van der Waals surface area contributed by atoms with E-state index >= 15 is 0 Å². The molecule has 7 rings (SSSR count). The van der Waals surface area contributed by atoms with Crippen molar-refractivity contribution in [3.05, 3.63) is 235 Å². The quantitative estimate of drug-likeness (QED) is 0.0803. The van der Waals surface area contributed by atoms with Crippen LogP contribution in [0.25, 0.3) is 95.2 Å². The lowest BCUT2D eigenvalue weighted by Crippen LogP contribution is -2.34. The fourth-order valence-corrected chi connectivity index (χ4v) is 9.08. The fourth-order valence-electron chi connectivity index (χ4n) is 9.08. The zero-order valence-electron chi connectivity index (χ0n) is 37.6. The third-order valence-corrected chi connectivity index (χ3v) is 12.8. The molecule has 0 heterocycles. The Morgan fingerprint density at radius 2 is 0.778 bits per heavy atom. The molecule has 0 amide bonds. The Morgan fingerprint density at radius 3 is 1.25 bits per heavy atom. The maximum Gasteiger partial charge on any atom is -0.00730 e. The van der Waals surface area contributed by atoms with Crippen molar-refractivity contribution in [2.24, 2.45) is 0 Å². The number of allylic oxidation sites excluding steroid dienone is 6. The predicted octanol–water partition coefficient (Wildman–Crippen LogP) is 12.6. The van der Waals surface area contributed by atoms with Crippen LogP contribution in [0.3, 0.4) is 0 Å². The van der Waals surface area contributed by atoms with E-state index in [-0.39, 0.29) is 0 Å². The third kappa shape index (κ3) is 8.38. The number of hydrogen-bond acceptors (Lipinski definition) is 0. The Bertz CT molecular complexity index is 3290. The fraction of sp³-hybridized carbons (Fsp3) is 0.111. The number of hydrogen-bond donors (Lipinski definition) is 0. The van der Waals surface area contributed by atoms with E-state index in [9.17, 15) is 0 Å². The standard InChI is InChI=1S/C63H58/c1-13-25-61(63(52-31-22-17-23-32-52)48(11)54-33-24-26-40(3)41(54)4)60-39-38-59(46(9)47(60)10)58-37-36-57(44(7)45(58)8)56-35-34-55(42(5)43(56)6)49(12)62(51-29-20-16-21-30-51)53(14-2)50-27-18-15-19-28-50/h15-24,26-39H,5-14,25H2,1-4H3. The van der Waals surface area contributed by atoms with Gasteiger partial charge in [0.1, 0.15) is 0 Å². The van der Waals surface area contributed by atoms with E-state index in [1.165, 1.54) is 27.8 Å². The second kappa shape index (κ2) is 18.8. The van der Waals surface area contributed by atoms with Gasteiger partial charge in [-0.1, -0.05) is 218 Å². The predicted molar refractivity (Wildman–Crippen MR) is 280 cm³/mol. The van der Waals surface area contributed by atoms with Gasteiger partial charge in [-0.25, -0.2) is 0 Å². The van der Waals surface area contributed by atoms with Crippen molar-refractivity contribution in [3.8, 4) is 22.3 Å². The minimum atomic E-state index is 0.836. The lowest BCUT2D eigenvalue weighted by molar-refractivity contribution is 0.973. The molecular weight excluding hydrogens is 757 g/mol. The summed E-state index contributed by atoms with van der Waals surface area (Å²) in [4.78, 5) is 0. The molecule has 63 heavy (non-hydrogen) atoms. The first-order valence-corrected chi connectivity index (χ1v) is 21.9. The summed E-state index contributed by atoms with van der Waals surface area (Å²) in [5, 5.41) is 5.12. The van der Waals surface area contributed by atoms with Crippen LogP contribution in [0.4, 0.5) is 0 Å². The van der Waals surface area contributed by atoms with Crippen molar-refractivity contribution < 1.29 is 0 Å². The number of rotatable bonds is 13. The van der Waals surface area contributed by atoms with Gasteiger partial charge in [-0.15, -0.1) is 0 Å². The SMILES string of the molecule is C=C(C(=C(CCC)c1ccc(-c2ccc(-c3ccc(C(=C)C(=C(CC)c4ccccc4)c4ccccc4)c(=C)c3=C)c(=C)c2=C)c(=C)c1=C)c1ccccc1)c1cccc(C)c1C. The molecule has 7 aromatic carbocycles. The highest BCUT2D eigenvalue weighted by Gasteiger charge is 2.20. The molecule has 0 aromatic heterocycles. The van der Waals surface area contributed by atoms with Gasteiger partial charge in [0.25, 0.3) is 0 Å². The van der Waals surface area contributed by atoms with Gasteiger partial charge in [0.05, 0.1) is 0 Å². The summed E-state index contributed by atoms with van der Waals surface area (Å²) in [6, 6.07) is 51.1. The molecular formula is C63H58. The van der Waals surface area contributed by atoms with Crippen molar-refractivity contribution in [3.63, 3.8) is 0 Å². The highest BCUT2D eigenvalue weighted by molar-refractivity contribution is 6.15. The first-order valence-electron chi connectivity index (χ1n) is 21.9. The molecule has 0 unspecified atom stereocenters. The van der Waals surface area contributed by atoms with Gasteiger partial charge in [0.15, 0.2) is 0 Å². The smallest absolute Gasteiger partial charge is 0.00730 e. The van der Waals surface area contributed by atoms with Gasteiger partial charge < -0.3 is 0 Å². The highest BCUT2D eigenvalue weighted by Crippen LogP contribution is 2.40. The van der Waals surface area contributed by atoms with Crippen LogP contribution in [0.5, 0.6) is 0 Å². The third-order valence-electron chi connectivity index (χ3n) is 12.8. The van der Waals surface area contributed by atoms with Gasteiger partial charge >= 0.3 is 0 Å². The highest BCUT2D eigenvalue weighted by atomic mass is 14.2. The summed E-state index contributed by atoms with van der Waals surface area (Å²) in [6.45, 7) is 46.0. The van der Waals surface area contributed by atoms with E-state index in [0.717, 1.165) is 123 Å². The van der Waals surface area contributed by atoms with Crippen LogP contribution in [0.2, 0.25) is 0 Å². The average molecular weight is 815 g/mol. The molecule has 310 valence electrons. The molecule has 0 saturated heterocycles. The molecule has 0 atom stereocenters. The Labute approximate surface area is 375 Å². The van der Waals surface area contributed by atoms with Gasteiger partial charge in [0.2, 0.25) is 0 Å². The lowest BCUT2D eigenvalue weighted by atomic mass is 9.82. The molecule has 0 aliphatic carbocycles. The Balaban J connectivity index is 1.31. The van der Waals surface area contributed by atoms with E-state index in [0.29, 0.717) is 0 Å². The van der Waals surface area contributed by atoms with E-state index in [1.54, 1.807) is 0 Å². The van der Waals surface area contributed by atoms with Gasteiger partial charge in [0, 0.05) is 0 Å². The summed E-state index contributed by atoms with van der Waals surface area (Å²) >= 11 is 0. The number of aryl methyl sites for hydroxylation is 1. The summed E-state index contributed by atoms with van der Waals surface area (Å²) in [5.74, 6) is 0. The van der Waals surface area contributed by atoms with Gasteiger partial charge in [-0.3, -0.25) is 0 Å². The van der Waals surface area contributed by atoms with Crippen LogP contribution in [0.15, 0.2) is 159 Å². The maximum atomic E-state index is 4.75. The summed E-state index contributed by atoms with van der Waals surface area (Å²) in [7, 11) is 0. The second-order valence-corrected chi connectivity index (χ2v) is 16.5. The Morgan fingerprint density at radius 1 is 0.381 bits per heavy atom. The Hall–Kier alpha value is -7.28. The van der Waals surface area contributed by atoms with E-state index in [2.05, 4.69) is 207 Å². The normalized spacial score (nSPS) is 12.1. The minimum Gasteiger partial charge on any atom is -0.0905 e. The maximum absolute atomic E-state index is 4.75. The largest absolute Gasteiger partial charge is 0.0905 e. The zero-order valence-corrected chi connectivity index (χ0v) is 37.6. The average Bonchev–Trinajstić information content (AvgIpc) is 3.30. The monoisotopic (exact) mass is 814 g/mol. The van der Waals surface area contributed by atoms with Crippen molar-refractivity contribution in [2.45, 2.75) is 47.0 Å². The van der Waals surface area contributed by atoms with Crippen LogP contribution in [-0.4, -0.2) is 0 Å². The van der Waals surface area contributed by atoms with Crippen molar-refractivity contribution in [2.75, 3.05) is 0 Å². The van der Waals surface area contributed by atoms with E-state index < -0.39 is 0 Å². The van der Waals surface area contributed by atoms with E-state index in [1.807, 2.05) is 6.07 Å². The van der Waals surface area contributed by atoms with Crippen LogP contribution in [0, 0.1) is 13.8 Å². The first kappa shape index (κ1) is 43.8. The summed E-state index contributed by atoms with van der Waals surface area (Å²) in [5.41, 5.74) is 19.7. The van der Waals surface area contributed by atoms with Crippen LogP contribution >= 0.6 is 0 Å². The molecule has 0 spiro atoms. The van der Waals surface area contributed by atoms with Crippen molar-refractivity contribution in [1.29, 1.82) is 0 Å². The second-order valence-electron chi connectivity index (χ2n) is 16.5. The molecule has 0 fully saturated rings. The van der Waals surface area contributed by atoms with Gasteiger partial charge in [-0.05, 0) is 158 Å². The molecule has 0 bridgehead atoms. The molecule has 0 radical (unpaired) electrons. The molecule has 7 aromatic rings. The van der Waals surface area contributed by atoms with Gasteiger partial charge in [-0.2, -0.15) is 0 Å². The molecule has 0 N–H and O–H groups in total. The first-order chi connectivity index (χ1) is 30.4. The number of benzene rings is 7. The summed E-state index contributed by atoms with van der Waals surface area (Å²) in [6.07, 6.45) is 2.67. The topological polar surface area (TPSA) is 0 Å². The molecule has 0 aliphatic rings. The van der Waals surface area contributed by atoms with Crippen molar-refractivity contribution in [1.82, 2.24) is 0 Å². The molecule has 0 aliphatic heterocycles. The van der Waals surface area contributed by atoms with Crippen LogP contribution < -0.4 is 31.3 Å². The lowest BCUT2D eigenvalue weighted by Gasteiger charge is -2.21. The van der Waals surface area contributed by atoms with Crippen LogP contribution in [0.1, 0.15) is 77.6 Å². The Kier molecular flexibility index (Phi) is 13.0. The molecule has 0 saturated carbocycles. The van der Waals surface area contributed by atoms with Crippen molar-refractivity contribution >= 4 is 72.9 Å². The van der Waals surface area contributed by atoms with E-state index in [4.69, 9.17) is 13.2 Å². The molecule has 0 nitrogen and oxygen atoms in total. The minimum absolute atomic E-state index is 0.836. The summed E-state index contributed by atoms with van der Waals surface area (Å²) < 4.78 is 0. The van der Waals surface area contributed by atoms with Crippen LogP contribution in [-0.2, 0) is 0 Å². The molecule has 0 heteroatoms.